The lowest BCUT2D eigenvalue weighted by molar-refractivity contribution is 0.267. The van der Waals surface area contributed by atoms with Crippen molar-refractivity contribution in [2.75, 3.05) is 6.61 Å². The zero-order valence-corrected chi connectivity index (χ0v) is 22.3. The van der Waals surface area contributed by atoms with Crippen LogP contribution in [0.2, 0.25) is 0 Å². The van der Waals surface area contributed by atoms with Crippen molar-refractivity contribution in [1.82, 2.24) is 9.66 Å². The number of allylic oxidation sites excluding steroid dienone is 1. The third-order valence-corrected chi connectivity index (χ3v) is 6.12. The largest absolute Gasteiger partial charge is 0.490 e. The summed E-state index contributed by atoms with van der Waals surface area (Å²) in [5.74, 6) is 1.40. The van der Waals surface area contributed by atoms with Crippen molar-refractivity contribution in [3.05, 3.63) is 110 Å². The number of ether oxygens (including phenoxy) is 2. The molecule has 0 bridgehead atoms. The second-order valence-electron chi connectivity index (χ2n) is 8.25. The van der Waals surface area contributed by atoms with Gasteiger partial charge >= 0.3 is 0 Å². The van der Waals surface area contributed by atoms with Crippen molar-refractivity contribution < 1.29 is 13.9 Å². The van der Waals surface area contributed by atoms with E-state index in [9.17, 15) is 9.18 Å². The van der Waals surface area contributed by atoms with E-state index < -0.39 is 0 Å². The molecule has 0 aliphatic heterocycles. The van der Waals surface area contributed by atoms with Crippen LogP contribution in [0.4, 0.5) is 4.39 Å². The van der Waals surface area contributed by atoms with Crippen molar-refractivity contribution in [3.63, 3.8) is 0 Å². The predicted octanol–water partition coefficient (Wildman–Crippen LogP) is 6.45. The SMILES string of the molecule is C=CCc1cc(C=Nn2c(CC)nc3ccc(Br)cc3c2=O)cc(OCC)c1OCc1ccc(F)cc1. The standard InChI is InChI=1S/C29H27BrFN3O3/c1-4-7-21-14-20(15-26(36-6-3)28(21)37-18-19-8-11-23(31)12-9-19)17-32-34-27(5-2)33-25-13-10-22(30)16-24(25)29(34)35/h4,8-17H,1,5-7,18H2,2-3H3. The summed E-state index contributed by atoms with van der Waals surface area (Å²) in [6, 6.07) is 15.3. The number of halogens is 2. The molecular weight excluding hydrogens is 537 g/mol. The van der Waals surface area contributed by atoms with Gasteiger partial charge in [0.05, 0.1) is 23.7 Å². The van der Waals surface area contributed by atoms with E-state index in [2.05, 4.69) is 32.6 Å². The van der Waals surface area contributed by atoms with E-state index in [1.807, 2.05) is 38.1 Å². The van der Waals surface area contributed by atoms with E-state index in [0.29, 0.717) is 47.7 Å². The Balaban J connectivity index is 1.73. The van der Waals surface area contributed by atoms with Gasteiger partial charge in [0, 0.05) is 16.5 Å². The second-order valence-corrected chi connectivity index (χ2v) is 9.17. The number of hydrogen-bond donors (Lipinski definition) is 0. The van der Waals surface area contributed by atoms with E-state index in [1.165, 1.54) is 16.8 Å². The molecule has 6 nitrogen and oxygen atoms in total. The first-order valence-electron chi connectivity index (χ1n) is 12.0. The molecule has 190 valence electrons. The highest BCUT2D eigenvalue weighted by atomic mass is 79.9. The Morgan fingerprint density at radius 2 is 1.89 bits per heavy atom. The zero-order chi connectivity index (χ0) is 26.4. The molecule has 0 N–H and O–H groups in total. The number of benzene rings is 3. The van der Waals surface area contributed by atoms with Gasteiger partial charge in [-0.25, -0.2) is 9.37 Å². The van der Waals surface area contributed by atoms with Crippen molar-refractivity contribution in [1.29, 1.82) is 0 Å². The van der Waals surface area contributed by atoms with Crippen molar-refractivity contribution >= 4 is 33.0 Å². The van der Waals surface area contributed by atoms with Crippen LogP contribution in [-0.2, 0) is 19.4 Å². The Bertz CT molecular complexity index is 1510. The Labute approximate surface area is 223 Å². The van der Waals surface area contributed by atoms with E-state index in [4.69, 9.17) is 9.47 Å². The Kier molecular flexibility index (Phi) is 8.50. The van der Waals surface area contributed by atoms with Gasteiger partial charge in [0.25, 0.3) is 5.56 Å². The molecule has 0 amide bonds. The molecule has 4 rings (SSSR count). The monoisotopic (exact) mass is 563 g/mol. The van der Waals surface area contributed by atoms with E-state index in [1.54, 1.807) is 30.5 Å². The van der Waals surface area contributed by atoms with E-state index in [-0.39, 0.29) is 18.0 Å². The lowest BCUT2D eigenvalue weighted by atomic mass is 10.1. The molecule has 0 atom stereocenters. The Morgan fingerprint density at radius 3 is 2.59 bits per heavy atom. The second kappa shape index (κ2) is 12.0. The molecule has 37 heavy (non-hydrogen) atoms. The third-order valence-electron chi connectivity index (χ3n) is 5.63. The number of aryl methyl sites for hydroxylation is 1. The van der Waals surface area contributed by atoms with Crippen LogP contribution in [0.5, 0.6) is 11.5 Å². The molecule has 0 saturated carbocycles. The average molecular weight is 564 g/mol. The van der Waals surface area contributed by atoms with Crippen LogP contribution in [-0.4, -0.2) is 22.5 Å². The van der Waals surface area contributed by atoms with Crippen LogP contribution in [0.15, 0.2) is 81.6 Å². The Morgan fingerprint density at radius 1 is 1.11 bits per heavy atom. The van der Waals surface area contributed by atoms with Crippen LogP contribution in [0.25, 0.3) is 10.9 Å². The van der Waals surface area contributed by atoms with Gasteiger partial charge in [-0.1, -0.05) is 41.1 Å². The summed E-state index contributed by atoms with van der Waals surface area (Å²) in [7, 11) is 0. The summed E-state index contributed by atoms with van der Waals surface area (Å²) >= 11 is 3.42. The van der Waals surface area contributed by atoms with Gasteiger partial charge in [-0.2, -0.15) is 9.78 Å². The normalized spacial score (nSPS) is 11.2. The predicted molar refractivity (Wildman–Crippen MR) is 148 cm³/mol. The number of hydrogen-bond acceptors (Lipinski definition) is 5. The fraction of sp³-hybridized carbons (Fsp3) is 0.207. The molecule has 0 unspecified atom stereocenters. The topological polar surface area (TPSA) is 65.7 Å². The molecule has 0 fully saturated rings. The third kappa shape index (κ3) is 6.14. The Hall–Kier alpha value is -3.78. The minimum absolute atomic E-state index is 0.241. The van der Waals surface area contributed by atoms with Crippen LogP contribution in [0, 0.1) is 5.82 Å². The van der Waals surface area contributed by atoms with Crippen molar-refractivity contribution in [3.8, 4) is 11.5 Å². The van der Waals surface area contributed by atoms with Gasteiger partial charge < -0.3 is 9.47 Å². The molecule has 1 aromatic heterocycles. The summed E-state index contributed by atoms with van der Waals surface area (Å²) in [6.07, 6.45) is 4.47. The number of fused-ring (bicyclic) bond motifs is 1. The van der Waals surface area contributed by atoms with Gasteiger partial charge in [-0.15, -0.1) is 6.58 Å². The van der Waals surface area contributed by atoms with Gasteiger partial charge in [0.1, 0.15) is 18.2 Å². The maximum Gasteiger partial charge on any atom is 0.282 e. The van der Waals surface area contributed by atoms with E-state index in [0.717, 1.165) is 21.2 Å². The fourth-order valence-corrected chi connectivity index (χ4v) is 4.26. The minimum Gasteiger partial charge on any atom is -0.490 e. The fourth-order valence-electron chi connectivity index (χ4n) is 3.89. The lowest BCUT2D eigenvalue weighted by Gasteiger charge is -2.17. The summed E-state index contributed by atoms with van der Waals surface area (Å²) in [5, 5.41) is 4.99. The smallest absolute Gasteiger partial charge is 0.282 e. The first-order valence-corrected chi connectivity index (χ1v) is 12.8. The highest BCUT2D eigenvalue weighted by Crippen LogP contribution is 2.34. The maximum atomic E-state index is 13.3. The summed E-state index contributed by atoms with van der Waals surface area (Å²) in [4.78, 5) is 17.8. The van der Waals surface area contributed by atoms with Gasteiger partial charge in [0.15, 0.2) is 11.5 Å². The lowest BCUT2D eigenvalue weighted by Crippen LogP contribution is -2.22. The molecule has 4 aromatic rings. The van der Waals surface area contributed by atoms with Crippen molar-refractivity contribution in [2.24, 2.45) is 5.10 Å². The first-order chi connectivity index (χ1) is 17.9. The molecule has 8 heteroatoms. The summed E-state index contributed by atoms with van der Waals surface area (Å²) < 4.78 is 27.4. The molecule has 0 radical (unpaired) electrons. The summed E-state index contributed by atoms with van der Waals surface area (Å²) in [5.41, 5.74) is 2.81. The highest BCUT2D eigenvalue weighted by molar-refractivity contribution is 9.10. The molecule has 0 spiro atoms. The van der Waals surface area contributed by atoms with E-state index >= 15 is 0 Å². The van der Waals surface area contributed by atoms with Crippen LogP contribution >= 0.6 is 15.9 Å². The number of nitrogens with zero attached hydrogens (tertiary/aromatic N) is 3. The molecule has 3 aromatic carbocycles. The van der Waals surface area contributed by atoms with Crippen LogP contribution < -0.4 is 15.0 Å². The van der Waals surface area contributed by atoms with Crippen molar-refractivity contribution in [2.45, 2.75) is 33.3 Å². The molecule has 0 aliphatic rings. The quantitative estimate of drug-likeness (QED) is 0.164. The van der Waals surface area contributed by atoms with Gasteiger partial charge in [-0.05, 0) is 66.9 Å². The van der Waals surface area contributed by atoms with Crippen LogP contribution in [0.3, 0.4) is 0 Å². The van der Waals surface area contributed by atoms with Gasteiger partial charge in [0.2, 0.25) is 0 Å². The van der Waals surface area contributed by atoms with Gasteiger partial charge in [-0.3, -0.25) is 4.79 Å². The van der Waals surface area contributed by atoms with Crippen LogP contribution in [0.1, 0.15) is 36.4 Å². The summed E-state index contributed by atoms with van der Waals surface area (Å²) in [6.45, 7) is 8.38. The number of rotatable bonds is 10. The highest BCUT2D eigenvalue weighted by Gasteiger charge is 2.14. The minimum atomic E-state index is -0.297. The molecular formula is C29H27BrFN3O3. The maximum absolute atomic E-state index is 13.3. The number of aromatic nitrogens is 2. The average Bonchev–Trinajstić information content (AvgIpc) is 2.89. The molecule has 1 heterocycles. The first kappa shape index (κ1) is 26.3. The zero-order valence-electron chi connectivity index (χ0n) is 20.7. The molecule has 0 saturated heterocycles. The molecule has 0 aliphatic carbocycles.